The summed E-state index contributed by atoms with van der Waals surface area (Å²) in [6.45, 7) is 4.20. The molecule has 5 heteroatoms. The molecular formula is C10H15ClN4. The van der Waals surface area contributed by atoms with Crippen molar-refractivity contribution in [1.29, 1.82) is 0 Å². The van der Waals surface area contributed by atoms with Crippen molar-refractivity contribution < 1.29 is 0 Å². The van der Waals surface area contributed by atoms with Crippen LogP contribution in [0.5, 0.6) is 0 Å². The molecule has 1 aliphatic rings. The van der Waals surface area contributed by atoms with E-state index in [1.807, 2.05) is 12.1 Å². The van der Waals surface area contributed by atoms with Gasteiger partial charge in [-0.1, -0.05) is 11.6 Å². The molecular weight excluding hydrogens is 212 g/mol. The van der Waals surface area contributed by atoms with Crippen LogP contribution in [0.1, 0.15) is 0 Å². The predicted octanol–water partition coefficient (Wildman–Crippen LogP) is 1.31. The Bertz CT molecular complexity index is 306. The maximum absolute atomic E-state index is 5.76. The van der Waals surface area contributed by atoms with E-state index < -0.39 is 0 Å². The highest BCUT2D eigenvalue weighted by atomic mass is 35.5. The number of anilines is 1. The Morgan fingerprint density at radius 1 is 1.27 bits per heavy atom. The maximum Gasteiger partial charge on any atom is 0.140 e. The summed E-state index contributed by atoms with van der Waals surface area (Å²) >= 11 is 5.76. The van der Waals surface area contributed by atoms with Crippen LogP contribution < -0.4 is 5.43 Å². The van der Waals surface area contributed by atoms with Crippen LogP contribution in [0.25, 0.3) is 0 Å². The highest BCUT2D eigenvalue weighted by Gasteiger charge is 2.13. The van der Waals surface area contributed by atoms with Crippen molar-refractivity contribution in [3.8, 4) is 0 Å². The van der Waals surface area contributed by atoms with Crippen molar-refractivity contribution in [3.63, 3.8) is 0 Å². The number of hydrogen-bond donors (Lipinski definition) is 1. The van der Waals surface area contributed by atoms with Gasteiger partial charge < -0.3 is 10.3 Å². The van der Waals surface area contributed by atoms with Gasteiger partial charge in [0.05, 0.1) is 5.02 Å². The van der Waals surface area contributed by atoms with Crippen LogP contribution in [0.15, 0.2) is 18.3 Å². The first-order valence-electron chi connectivity index (χ1n) is 5.06. The van der Waals surface area contributed by atoms with Crippen LogP contribution >= 0.6 is 11.6 Å². The zero-order valence-electron chi connectivity index (χ0n) is 8.78. The van der Waals surface area contributed by atoms with E-state index in [0.29, 0.717) is 5.02 Å². The number of nitrogens with zero attached hydrogens (tertiary/aromatic N) is 3. The van der Waals surface area contributed by atoms with Gasteiger partial charge in [0.2, 0.25) is 0 Å². The molecule has 0 amide bonds. The molecule has 1 aliphatic heterocycles. The lowest BCUT2D eigenvalue weighted by Crippen LogP contribution is -2.47. The second-order valence-electron chi connectivity index (χ2n) is 3.76. The van der Waals surface area contributed by atoms with E-state index in [2.05, 4.69) is 27.4 Å². The third-order valence-corrected chi connectivity index (χ3v) is 2.73. The first-order valence-corrected chi connectivity index (χ1v) is 5.43. The molecule has 1 N–H and O–H groups in total. The molecule has 2 rings (SSSR count). The zero-order valence-corrected chi connectivity index (χ0v) is 9.54. The molecule has 2 heterocycles. The molecule has 0 saturated carbocycles. The molecule has 15 heavy (non-hydrogen) atoms. The molecule has 1 fully saturated rings. The van der Waals surface area contributed by atoms with Crippen molar-refractivity contribution >= 4 is 17.4 Å². The van der Waals surface area contributed by atoms with Crippen LogP contribution in [0.4, 0.5) is 5.82 Å². The van der Waals surface area contributed by atoms with Gasteiger partial charge in [-0.05, 0) is 19.2 Å². The predicted molar refractivity (Wildman–Crippen MR) is 61.9 cm³/mol. The number of nitrogens with one attached hydrogen (secondary N) is 1. The summed E-state index contributed by atoms with van der Waals surface area (Å²) < 4.78 is 0. The molecule has 0 bridgehead atoms. The maximum atomic E-state index is 5.76. The highest BCUT2D eigenvalue weighted by molar-refractivity contribution is 6.30. The van der Waals surface area contributed by atoms with Gasteiger partial charge in [0, 0.05) is 32.4 Å². The van der Waals surface area contributed by atoms with Crippen LogP contribution in [-0.4, -0.2) is 48.1 Å². The van der Waals surface area contributed by atoms with Gasteiger partial charge in [-0.25, -0.2) is 9.99 Å². The highest BCUT2D eigenvalue weighted by Crippen LogP contribution is 2.10. The van der Waals surface area contributed by atoms with E-state index in [1.54, 1.807) is 6.20 Å². The Kier molecular flexibility index (Phi) is 3.41. The number of hydrazine groups is 1. The summed E-state index contributed by atoms with van der Waals surface area (Å²) in [6.07, 6.45) is 1.65. The third-order valence-electron chi connectivity index (χ3n) is 2.50. The number of hydrogen-bond acceptors (Lipinski definition) is 4. The molecule has 0 unspecified atom stereocenters. The summed E-state index contributed by atoms with van der Waals surface area (Å²) in [5.41, 5.74) is 3.27. The molecule has 4 nitrogen and oxygen atoms in total. The number of pyridine rings is 1. The summed E-state index contributed by atoms with van der Waals surface area (Å²) in [7, 11) is 2.14. The van der Waals surface area contributed by atoms with Crippen molar-refractivity contribution in [3.05, 3.63) is 23.4 Å². The number of rotatable bonds is 2. The molecule has 1 aromatic heterocycles. The van der Waals surface area contributed by atoms with Gasteiger partial charge in [-0.2, -0.15) is 0 Å². The number of aromatic nitrogens is 1. The molecule has 0 radical (unpaired) electrons. The quantitative estimate of drug-likeness (QED) is 0.824. The van der Waals surface area contributed by atoms with Crippen LogP contribution in [0, 0.1) is 0 Å². The Balaban J connectivity index is 1.89. The molecule has 0 atom stereocenters. The molecule has 0 aromatic carbocycles. The Morgan fingerprint density at radius 2 is 2.00 bits per heavy atom. The Hall–Kier alpha value is -0.840. The average molecular weight is 227 g/mol. The van der Waals surface area contributed by atoms with E-state index in [4.69, 9.17) is 11.6 Å². The fourth-order valence-corrected chi connectivity index (χ4v) is 1.63. The van der Waals surface area contributed by atoms with Gasteiger partial charge >= 0.3 is 0 Å². The minimum atomic E-state index is 0.666. The van der Waals surface area contributed by atoms with Crippen LogP contribution in [-0.2, 0) is 0 Å². The van der Waals surface area contributed by atoms with Crippen molar-refractivity contribution in [2.45, 2.75) is 0 Å². The van der Waals surface area contributed by atoms with E-state index in [0.717, 1.165) is 32.0 Å². The van der Waals surface area contributed by atoms with E-state index in [1.165, 1.54) is 0 Å². The first kappa shape index (κ1) is 10.7. The van der Waals surface area contributed by atoms with Gasteiger partial charge in [0.1, 0.15) is 5.82 Å². The lowest BCUT2D eigenvalue weighted by molar-refractivity contribution is 0.178. The minimum absolute atomic E-state index is 0.666. The first-order chi connectivity index (χ1) is 7.24. The lowest BCUT2D eigenvalue weighted by Gasteiger charge is -2.32. The largest absolute Gasteiger partial charge is 0.304 e. The lowest BCUT2D eigenvalue weighted by atomic mass is 10.4. The monoisotopic (exact) mass is 226 g/mol. The molecule has 0 spiro atoms. The van der Waals surface area contributed by atoms with Crippen LogP contribution in [0.3, 0.4) is 0 Å². The average Bonchev–Trinajstić information content (AvgIpc) is 2.25. The van der Waals surface area contributed by atoms with E-state index >= 15 is 0 Å². The van der Waals surface area contributed by atoms with Crippen molar-refractivity contribution in [2.24, 2.45) is 0 Å². The third kappa shape index (κ3) is 3.06. The number of likely N-dealkylation sites (N-methyl/N-ethyl adjacent to an activating group) is 1. The van der Waals surface area contributed by atoms with E-state index in [9.17, 15) is 0 Å². The molecule has 1 aromatic rings. The standard InChI is InChI=1S/C10H15ClN4/c1-14-4-6-15(7-5-14)13-10-3-2-9(11)8-12-10/h2-3,8H,4-7H2,1H3,(H,12,13). The molecule has 82 valence electrons. The summed E-state index contributed by atoms with van der Waals surface area (Å²) in [5.74, 6) is 0.851. The topological polar surface area (TPSA) is 31.4 Å². The zero-order chi connectivity index (χ0) is 10.7. The van der Waals surface area contributed by atoms with Gasteiger partial charge in [-0.3, -0.25) is 0 Å². The van der Waals surface area contributed by atoms with Gasteiger partial charge in [0.25, 0.3) is 0 Å². The number of halogens is 1. The summed E-state index contributed by atoms with van der Waals surface area (Å²) in [4.78, 5) is 6.51. The second-order valence-corrected chi connectivity index (χ2v) is 4.20. The number of piperazine rings is 1. The van der Waals surface area contributed by atoms with E-state index in [-0.39, 0.29) is 0 Å². The van der Waals surface area contributed by atoms with Crippen molar-refractivity contribution in [2.75, 3.05) is 38.7 Å². The molecule has 1 saturated heterocycles. The Morgan fingerprint density at radius 3 is 2.60 bits per heavy atom. The smallest absolute Gasteiger partial charge is 0.140 e. The SMILES string of the molecule is CN1CCN(Nc2ccc(Cl)cn2)CC1. The fraction of sp³-hybridized carbons (Fsp3) is 0.500. The minimum Gasteiger partial charge on any atom is -0.304 e. The fourth-order valence-electron chi connectivity index (χ4n) is 1.52. The molecule has 0 aliphatic carbocycles. The summed E-state index contributed by atoms with van der Waals surface area (Å²) in [6, 6.07) is 3.73. The van der Waals surface area contributed by atoms with Crippen LogP contribution in [0.2, 0.25) is 5.02 Å². The Labute approximate surface area is 94.8 Å². The van der Waals surface area contributed by atoms with Gasteiger partial charge in [0.15, 0.2) is 0 Å². The van der Waals surface area contributed by atoms with Crippen molar-refractivity contribution in [1.82, 2.24) is 14.9 Å². The normalized spacial score (nSPS) is 19.1. The summed E-state index contributed by atoms with van der Waals surface area (Å²) in [5, 5.41) is 2.84. The van der Waals surface area contributed by atoms with Gasteiger partial charge in [-0.15, -0.1) is 0 Å². The second kappa shape index (κ2) is 4.79.